The Morgan fingerprint density at radius 2 is 1.96 bits per heavy atom. The molecule has 0 bridgehead atoms. The van der Waals surface area contributed by atoms with E-state index in [1.807, 2.05) is 0 Å². The molecule has 122 valence electrons. The third-order valence-electron chi connectivity index (χ3n) is 2.56. The second-order valence-corrected chi connectivity index (χ2v) is 6.39. The fourth-order valence-corrected chi connectivity index (χ4v) is 3.18. The summed E-state index contributed by atoms with van der Waals surface area (Å²) in [5.41, 5.74) is 4.15. The second-order valence-electron chi connectivity index (χ2n) is 4.21. The molecule has 0 unspecified atom stereocenters. The van der Waals surface area contributed by atoms with E-state index in [4.69, 9.17) is 12.2 Å². The molecular weight excluding hydrogens is 415 g/mol. The number of thiocarbonyl (C=S) groups is 1. The van der Waals surface area contributed by atoms with Crippen molar-refractivity contribution in [1.82, 2.24) is 10.9 Å². The Labute approximate surface area is 147 Å². The minimum absolute atomic E-state index is 0.0367. The van der Waals surface area contributed by atoms with Gasteiger partial charge >= 0.3 is 6.18 Å². The molecule has 4 nitrogen and oxygen atoms in total. The van der Waals surface area contributed by atoms with Gasteiger partial charge in [0.1, 0.15) is 4.88 Å². The van der Waals surface area contributed by atoms with E-state index in [2.05, 4.69) is 32.1 Å². The van der Waals surface area contributed by atoms with Crippen LogP contribution in [-0.2, 0) is 6.18 Å². The van der Waals surface area contributed by atoms with Crippen LogP contribution in [0.3, 0.4) is 0 Å². The molecule has 0 radical (unpaired) electrons. The monoisotopic (exact) mass is 423 g/mol. The summed E-state index contributed by atoms with van der Waals surface area (Å²) in [5, 5.41) is 4.26. The number of anilines is 1. The van der Waals surface area contributed by atoms with Crippen molar-refractivity contribution in [2.45, 2.75) is 6.18 Å². The van der Waals surface area contributed by atoms with Gasteiger partial charge in [-0.2, -0.15) is 13.2 Å². The van der Waals surface area contributed by atoms with Gasteiger partial charge in [-0.1, -0.05) is 6.07 Å². The van der Waals surface area contributed by atoms with E-state index < -0.39 is 17.6 Å². The first kappa shape index (κ1) is 17.7. The summed E-state index contributed by atoms with van der Waals surface area (Å²) >= 11 is 9.38. The lowest BCUT2D eigenvalue weighted by Gasteiger charge is -2.13. The van der Waals surface area contributed by atoms with Crippen LogP contribution in [0.5, 0.6) is 0 Å². The van der Waals surface area contributed by atoms with Gasteiger partial charge in [-0.3, -0.25) is 15.6 Å². The van der Waals surface area contributed by atoms with Crippen LogP contribution in [0.4, 0.5) is 18.9 Å². The molecule has 0 atom stereocenters. The third-order valence-corrected chi connectivity index (χ3v) is 4.60. The van der Waals surface area contributed by atoms with Crippen molar-refractivity contribution < 1.29 is 18.0 Å². The topological polar surface area (TPSA) is 53.2 Å². The van der Waals surface area contributed by atoms with E-state index in [0.717, 1.165) is 12.1 Å². The van der Waals surface area contributed by atoms with Crippen LogP contribution in [0.2, 0.25) is 0 Å². The highest BCUT2D eigenvalue weighted by Gasteiger charge is 2.30. The van der Waals surface area contributed by atoms with Gasteiger partial charge < -0.3 is 5.32 Å². The first-order valence-electron chi connectivity index (χ1n) is 6.05. The molecule has 0 saturated heterocycles. The molecule has 1 amide bonds. The van der Waals surface area contributed by atoms with Crippen LogP contribution in [-0.4, -0.2) is 11.0 Å². The minimum atomic E-state index is -4.44. The number of hydrazine groups is 1. The third kappa shape index (κ3) is 4.91. The maximum Gasteiger partial charge on any atom is 0.416 e. The molecule has 0 aliphatic carbocycles. The predicted octanol–water partition coefficient (Wildman–Crippen LogP) is 4.16. The van der Waals surface area contributed by atoms with Gasteiger partial charge in [-0.25, -0.2) is 0 Å². The number of nitrogens with one attached hydrogen (secondary N) is 3. The lowest BCUT2D eigenvalue weighted by molar-refractivity contribution is -0.137. The highest BCUT2D eigenvalue weighted by Crippen LogP contribution is 2.30. The molecule has 0 spiro atoms. The second kappa shape index (κ2) is 7.28. The number of hydrogen-bond acceptors (Lipinski definition) is 3. The average Bonchev–Trinajstić information content (AvgIpc) is 2.90. The van der Waals surface area contributed by atoms with Crippen molar-refractivity contribution in [1.29, 1.82) is 0 Å². The van der Waals surface area contributed by atoms with E-state index in [1.54, 1.807) is 11.4 Å². The molecule has 0 aliphatic heterocycles. The van der Waals surface area contributed by atoms with Crippen molar-refractivity contribution in [3.05, 3.63) is 50.6 Å². The summed E-state index contributed by atoms with van der Waals surface area (Å²) in [4.78, 5) is 12.3. The van der Waals surface area contributed by atoms with Gasteiger partial charge in [0, 0.05) is 10.2 Å². The standard InChI is InChI=1S/C13H9BrF3N3OS2/c14-9-4-5-23-10(9)11(21)19-20-12(22)18-8-3-1-2-7(6-8)13(15,16)17/h1-6H,(H,19,21)(H2,18,20,22). The number of hydrogen-bond donors (Lipinski definition) is 3. The Bertz CT molecular complexity index is 733. The average molecular weight is 424 g/mol. The number of carbonyl (C=O) groups excluding carboxylic acids is 1. The minimum Gasteiger partial charge on any atom is -0.331 e. The molecular formula is C13H9BrF3N3OS2. The zero-order valence-electron chi connectivity index (χ0n) is 11.2. The molecule has 23 heavy (non-hydrogen) atoms. The van der Waals surface area contributed by atoms with E-state index in [1.165, 1.54) is 23.5 Å². The smallest absolute Gasteiger partial charge is 0.331 e. The van der Waals surface area contributed by atoms with Crippen LogP contribution in [0.15, 0.2) is 40.2 Å². The van der Waals surface area contributed by atoms with Gasteiger partial charge in [-0.05, 0) is 57.8 Å². The normalized spacial score (nSPS) is 11.0. The Hall–Kier alpha value is -1.65. The summed E-state index contributed by atoms with van der Waals surface area (Å²) in [6, 6.07) is 6.29. The summed E-state index contributed by atoms with van der Waals surface area (Å²) < 4.78 is 38.5. The maximum atomic E-state index is 12.6. The van der Waals surface area contributed by atoms with E-state index in [9.17, 15) is 18.0 Å². The van der Waals surface area contributed by atoms with Crippen molar-refractivity contribution in [2.75, 3.05) is 5.32 Å². The number of alkyl halides is 3. The molecule has 1 aromatic heterocycles. The van der Waals surface area contributed by atoms with Crippen LogP contribution in [0, 0.1) is 0 Å². The number of amides is 1. The van der Waals surface area contributed by atoms with Gasteiger partial charge in [0.2, 0.25) is 0 Å². The summed E-state index contributed by atoms with van der Waals surface area (Å²) in [7, 11) is 0. The SMILES string of the molecule is O=C(NNC(=S)Nc1cccc(C(F)(F)F)c1)c1sccc1Br. The van der Waals surface area contributed by atoms with Gasteiger partial charge in [0.25, 0.3) is 5.91 Å². The van der Waals surface area contributed by atoms with E-state index in [-0.39, 0.29) is 10.8 Å². The Morgan fingerprint density at radius 3 is 2.57 bits per heavy atom. The van der Waals surface area contributed by atoms with Crippen LogP contribution in [0.25, 0.3) is 0 Å². The number of rotatable bonds is 2. The molecule has 0 saturated carbocycles. The van der Waals surface area contributed by atoms with E-state index in [0.29, 0.717) is 9.35 Å². The van der Waals surface area contributed by atoms with Crippen molar-refractivity contribution in [2.24, 2.45) is 0 Å². The number of carbonyl (C=O) groups is 1. The first-order chi connectivity index (χ1) is 10.8. The Morgan fingerprint density at radius 1 is 1.22 bits per heavy atom. The lowest BCUT2D eigenvalue weighted by atomic mass is 10.2. The first-order valence-corrected chi connectivity index (χ1v) is 8.13. The van der Waals surface area contributed by atoms with E-state index >= 15 is 0 Å². The molecule has 0 fully saturated rings. The molecule has 1 aromatic carbocycles. The van der Waals surface area contributed by atoms with Gasteiger partial charge in [0.15, 0.2) is 5.11 Å². The summed E-state index contributed by atoms with van der Waals surface area (Å²) in [6.45, 7) is 0. The highest BCUT2D eigenvalue weighted by atomic mass is 79.9. The fourth-order valence-electron chi connectivity index (χ4n) is 1.56. The quantitative estimate of drug-likeness (QED) is 0.501. The molecule has 10 heteroatoms. The Kier molecular flexibility index (Phi) is 5.60. The van der Waals surface area contributed by atoms with Crippen LogP contribution in [0.1, 0.15) is 15.2 Å². The molecule has 0 aliphatic rings. The maximum absolute atomic E-state index is 12.6. The van der Waals surface area contributed by atoms with Crippen molar-refractivity contribution in [3.63, 3.8) is 0 Å². The molecule has 1 heterocycles. The van der Waals surface area contributed by atoms with Crippen molar-refractivity contribution >= 4 is 56.2 Å². The highest BCUT2D eigenvalue weighted by molar-refractivity contribution is 9.10. The summed E-state index contributed by atoms with van der Waals surface area (Å²) in [5.74, 6) is -0.417. The molecule has 2 aromatic rings. The number of benzene rings is 1. The predicted molar refractivity (Wildman–Crippen MR) is 90.3 cm³/mol. The van der Waals surface area contributed by atoms with Crippen LogP contribution >= 0.6 is 39.5 Å². The fraction of sp³-hybridized carbons (Fsp3) is 0.0769. The van der Waals surface area contributed by atoms with Crippen LogP contribution < -0.4 is 16.2 Å². The summed E-state index contributed by atoms with van der Waals surface area (Å²) in [6.07, 6.45) is -4.44. The van der Waals surface area contributed by atoms with Gasteiger partial charge in [0.05, 0.1) is 5.56 Å². The number of thiophene rings is 1. The largest absolute Gasteiger partial charge is 0.416 e. The molecule has 3 N–H and O–H groups in total. The zero-order valence-corrected chi connectivity index (χ0v) is 14.4. The van der Waals surface area contributed by atoms with Gasteiger partial charge in [-0.15, -0.1) is 11.3 Å². The number of halogens is 4. The zero-order chi connectivity index (χ0) is 17.0. The van der Waals surface area contributed by atoms with Crippen molar-refractivity contribution in [3.8, 4) is 0 Å². The molecule has 2 rings (SSSR count). The lowest BCUT2D eigenvalue weighted by Crippen LogP contribution is -2.43. The Balaban J connectivity index is 1.93.